The van der Waals surface area contributed by atoms with Gasteiger partial charge in [0, 0.05) is 18.4 Å². The van der Waals surface area contributed by atoms with Crippen LogP contribution in [0.3, 0.4) is 0 Å². The first kappa shape index (κ1) is 12.7. The maximum atomic E-state index is 12.8. The lowest BCUT2D eigenvalue weighted by Crippen LogP contribution is -2.32. The molecule has 0 radical (unpaired) electrons. The third kappa shape index (κ3) is 2.25. The number of rotatable bonds is 1. The van der Waals surface area contributed by atoms with Crippen LogP contribution >= 0.6 is 0 Å². The number of hydrogen-bond donors (Lipinski definition) is 1. The van der Waals surface area contributed by atoms with E-state index in [1.54, 1.807) is 12.3 Å². The molecule has 2 heterocycles. The normalized spacial score (nSPS) is 14.5. The predicted octanol–water partition coefficient (Wildman–Crippen LogP) is 2.65. The zero-order chi connectivity index (χ0) is 13.9. The maximum Gasteiger partial charge on any atom is 0.260 e. The Morgan fingerprint density at radius 2 is 2.05 bits per heavy atom. The highest BCUT2D eigenvalue weighted by molar-refractivity contribution is 6.09. The molecule has 0 saturated heterocycles. The van der Waals surface area contributed by atoms with Gasteiger partial charge in [-0.3, -0.25) is 9.78 Å². The molecule has 0 unspecified atom stereocenters. The summed E-state index contributed by atoms with van der Waals surface area (Å²) in [5.41, 5.74) is 9.07. The third-order valence-electron chi connectivity index (χ3n) is 3.69. The summed E-state index contributed by atoms with van der Waals surface area (Å²) in [7, 11) is 0. The fourth-order valence-electron chi connectivity index (χ4n) is 2.65. The number of nitrogens with two attached hydrogens (primary N) is 1. The number of para-hydroxylation sites is 1. The van der Waals surface area contributed by atoms with Gasteiger partial charge in [-0.25, -0.2) is 0 Å². The van der Waals surface area contributed by atoms with Gasteiger partial charge in [0.15, 0.2) is 0 Å². The Kier molecular flexibility index (Phi) is 3.37. The summed E-state index contributed by atoms with van der Waals surface area (Å²) in [6, 6.07) is 9.78. The van der Waals surface area contributed by atoms with E-state index in [-0.39, 0.29) is 5.91 Å². The number of hydrogen-bond acceptors (Lipinski definition) is 3. The minimum atomic E-state index is -0.0424. The highest BCUT2D eigenvalue weighted by atomic mass is 16.2. The van der Waals surface area contributed by atoms with Crippen molar-refractivity contribution < 1.29 is 4.79 Å². The lowest BCUT2D eigenvalue weighted by atomic mass is 10.1. The van der Waals surface area contributed by atoms with Gasteiger partial charge >= 0.3 is 0 Å². The second kappa shape index (κ2) is 5.33. The molecule has 1 amide bonds. The smallest absolute Gasteiger partial charge is 0.260 e. The van der Waals surface area contributed by atoms with E-state index >= 15 is 0 Å². The van der Waals surface area contributed by atoms with Crippen LogP contribution in [0.2, 0.25) is 0 Å². The lowest BCUT2D eigenvalue weighted by Gasteiger charge is -2.23. The van der Waals surface area contributed by atoms with Crippen LogP contribution in [-0.2, 0) is 6.42 Å². The summed E-state index contributed by atoms with van der Waals surface area (Å²) in [6.45, 7) is 0.734. The molecule has 20 heavy (non-hydrogen) atoms. The SMILES string of the molecule is Nc1cnccc1C(=O)N1CCCCc2ccccc21. The number of carbonyl (C=O) groups is 1. The molecule has 0 aliphatic carbocycles. The van der Waals surface area contributed by atoms with Crippen molar-refractivity contribution in [1.29, 1.82) is 0 Å². The molecule has 0 spiro atoms. The van der Waals surface area contributed by atoms with Gasteiger partial charge in [0.05, 0.1) is 17.4 Å². The number of carbonyl (C=O) groups excluding carboxylic acids is 1. The monoisotopic (exact) mass is 267 g/mol. The van der Waals surface area contributed by atoms with Gasteiger partial charge < -0.3 is 10.6 Å². The Hall–Kier alpha value is -2.36. The van der Waals surface area contributed by atoms with Crippen molar-refractivity contribution >= 4 is 17.3 Å². The quantitative estimate of drug-likeness (QED) is 0.864. The van der Waals surface area contributed by atoms with Crippen LogP contribution < -0.4 is 10.6 Å². The minimum absolute atomic E-state index is 0.0424. The van der Waals surface area contributed by atoms with Crippen LogP contribution in [0.15, 0.2) is 42.7 Å². The number of nitrogens with zero attached hydrogens (tertiary/aromatic N) is 2. The predicted molar refractivity (Wildman–Crippen MR) is 79.7 cm³/mol. The summed E-state index contributed by atoms with van der Waals surface area (Å²) < 4.78 is 0. The van der Waals surface area contributed by atoms with Gasteiger partial charge in [-0.2, -0.15) is 0 Å². The number of benzene rings is 1. The molecule has 0 atom stereocenters. The topological polar surface area (TPSA) is 59.2 Å². The molecule has 102 valence electrons. The second-order valence-corrected chi connectivity index (χ2v) is 5.01. The van der Waals surface area contributed by atoms with Crippen LogP contribution in [0, 0.1) is 0 Å². The Bertz CT molecular complexity index is 639. The van der Waals surface area contributed by atoms with Crippen LogP contribution in [-0.4, -0.2) is 17.4 Å². The molecule has 1 aliphatic heterocycles. The highest BCUT2D eigenvalue weighted by Crippen LogP contribution is 2.28. The third-order valence-corrected chi connectivity index (χ3v) is 3.69. The molecule has 3 rings (SSSR count). The van der Waals surface area contributed by atoms with Gasteiger partial charge in [0.2, 0.25) is 0 Å². The van der Waals surface area contributed by atoms with E-state index in [0.717, 1.165) is 31.5 Å². The van der Waals surface area contributed by atoms with E-state index in [0.29, 0.717) is 11.3 Å². The van der Waals surface area contributed by atoms with E-state index in [2.05, 4.69) is 11.1 Å². The summed E-state index contributed by atoms with van der Waals surface area (Å²) in [5.74, 6) is -0.0424. The van der Waals surface area contributed by atoms with Gasteiger partial charge in [-0.1, -0.05) is 18.2 Å². The van der Waals surface area contributed by atoms with Crippen molar-refractivity contribution in [2.75, 3.05) is 17.2 Å². The van der Waals surface area contributed by atoms with Crippen molar-refractivity contribution in [3.8, 4) is 0 Å². The molecule has 1 aromatic carbocycles. The van der Waals surface area contributed by atoms with E-state index in [9.17, 15) is 4.79 Å². The average molecular weight is 267 g/mol. The first-order valence-corrected chi connectivity index (χ1v) is 6.86. The number of aryl methyl sites for hydroxylation is 1. The van der Waals surface area contributed by atoms with Crippen molar-refractivity contribution in [3.05, 3.63) is 53.9 Å². The number of amides is 1. The van der Waals surface area contributed by atoms with Crippen molar-refractivity contribution in [1.82, 2.24) is 4.98 Å². The van der Waals surface area contributed by atoms with Crippen LogP contribution in [0.4, 0.5) is 11.4 Å². The van der Waals surface area contributed by atoms with Crippen LogP contribution in [0.25, 0.3) is 0 Å². The Morgan fingerprint density at radius 3 is 2.90 bits per heavy atom. The Morgan fingerprint density at radius 1 is 1.20 bits per heavy atom. The first-order chi connectivity index (χ1) is 9.77. The molecule has 2 N–H and O–H groups in total. The van der Waals surface area contributed by atoms with Gasteiger partial charge in [-0.15, -0.1) is 0 Å². The fraction of sp³-hybridized carbons (Fsp3) is 0.250. The zero-order valence-corrected chi connectivity index (χ0v) is 11.2. The molecule has 0 bridgehead atoms. The molecule has 0 fully saturated rings. The fourth-order valence-corrected chi connectivity index (χ4v) is 2.65. The number of aromatic nitrogens is 1. The first-order valence-electron chi connectivity index (χ1n) is 6.86. The summed E-state index contributed by atoms with van der Waals surface area (Å²) in [4.78, 5) is 18.5. The van der Waals surface area contributed by atoms with Gasteiger partial charge in [0.1, 0.15) is 0 Å². The zero-order valence-electron chi connectivity index (χ0n) is 11.2. The molecular weight excluding hydrogens is 250 g/mol. The van der Waals surface area contributed by atoms with E-state index < -0.39 is 0 Å². The van der Waals surface area contributed by atoms with Crippen molar-refractivity contribution in [3.63, 3.8) is 0 Å². The molecular formula is C16H17N3O. The van der Waals surface area contributed by atoms with Gasteiger partial charge in [0.25, 0.3) is 5.91 Å². The van der Waals surface area contributed by atoms with E-state index in [1.807, 2.05) is 23.1 Å². The largest absolute Gasteiger partial charge is 0.397 e. The maximum absolute atomic E-state index is 12.8. The number of pyridine rings is 1. The average Bonchev–Trinajstić information content (AvgIpc) is 2.69. The summed E-state index contributed by atoms with van der Waals surface area (Å²) in [5, 5.41) is 0. The molecule has 1 aromatic heterocycles. The Labute approximate surface area is 118 Å². The second-order valence-electron chi connectivity index (χ2n) is 5.01. The molecule has 4 nitrogen and oxygen atoms in total. The molecule has 4 heteroatoms. The van der Waals surface area contributed by atoms with Crippen LogP contribution in [0.5, 0.6) is 0 Å². The van der Waals surface area contributed by atoms with Crippen LogP contribution in [0.1, 0.15) is 28.8 Å². The summed E-state index contributed by atoms with van der Waals surface area (Å²) >= 11 is 0. The van der Waals surface area contributed by atoms with Crippen molar-refractivity contribution in [2.24, 2.45) is 0 Å². The van der Waals surface area contributed by atoms with Crippen molar-refractivity contribution in [2.45, 2.75) is 19.3 Å². The van der Waals surface area contributed by atoms with E-state index in [4.69, 9.17) is 5.73 Å². The molecule has 2 aromatic rings. The molecule has 1 aliphatic rings. The Balaban J connectivity index is 2.02. The van der Waals surface area contributed by atoms with E-state index in [1.165, 1.54) is 11.8 Å². The standard InChI is InChI=1S/C16H17N3O/c17-14-11-18-9-8-13(14)16(20)19-10-4-3-6-12-5-1-2-7-15(12)19/h1-2,5,7-9,11H,3-4,6,10,17H2. The number of fused-ring (bicyclic) bond motifs is 1. The van der Waals surface area contributed by atoms with Gasteiger partial charge in [-0.05, 0) is 37.0 Å². The lowest BCUT2D eigenvalue weighted by molar-refractivity contribution is 0.0987. The number of anilines is 2. The summed E-state index contributed by atoms with van der Waals surface area (Å²) in [6.07, 6.45) is 6.26. The minimum Gasteiger partial charge on any atom is -0.397 e. The number of nitrogen functional groups attached to an aromatic ring is 1. The molecule has 0 saturated carbocycles. The highest BCUT2D eigenvalue weighted by Gasteiger charge is 2.23.